The van der Waals surface area contributed by atoms with Gasteiger partial charge in [-0.3, -0.25) is 0 Å². The highest BCUT2D eigenvalue weighted by atomic mass is 19.4. The van der Waals surface area contributed by atoms with Crippen LogP contribution in [0, 0.1) is 0 Å². The van der Waals surface area contributed by atoms with E-state index in [9.17, 15) is 13.2 Å². The predicted molar refractivity (Wildman–Crippen MR) is 72.8 cm³/mol. The van der Waals surface area contributed by atoms with Crippen molar-refractivity contribution in [3.05, 3.63) is 17.8 Å². The smallest absolute Gasteiger partial charge is 0.399 e. The maximum Gasteiger partial charge on any atom is 0.498 e. The van der Waals surface area contributed by atoms with E-state index in [1.165, 1.54) is 0 Å². The van der Waals surface area contributed by atoms with E-state index in [-0.39, 0.29) is 11.3 Å². The molecule has 1 saturated heterocycles. The fraction of sp³-hybridized carbons (Fsp3) is 0.583. The quantitative estimate of drug-likeness (QED) is 0.494. The first-order chi connectivity index (χ1) is 9.48. The summed E-state index contributed by atoms with van der Waals surface area (Å²) in [4.78, 5) is 3.69. The Balaban J connectivity index is 2.44. The Morgan fingerprint density at radius 3 is 2.14 bits per heavy atom. The van der Waals surface area contributed by atoms with E-state index in [1.54, 1.807) is 0 Å². The third-order valence-electron chi connectivity index (χ3n) is 3.89. The highest BCUT2D eigenvalue weighted by Crippen LogP contribution is 2.37. The van der Waals surface area contributed by atoms with Crippen molar-refractivity contribution in [1.82, 2.24) is 4.98 Å². The Bertz CT molecular complexity index is 533. The van der Waals surface area contributed by atoms with Gasteiger partial charge in [0.15, 0.2) is 0 Å². The minimum absolute atomic E-state index is 0.0847. The molecule has 1 aliphatic heterocycles. The second-order valence-corrected chi connectivity index (χ2v) is 5.89. The van der Waals surface area contributed by atoms with E-state index in [4.69, 9.17) is 15.2 Å². The second-order valence-electron chi connectivity index (χ2n) is 5.89. The molecule has 1 fully saturated rings. The van der Waals surface area contributed by atoms with E-state index >= 15 is 0 Å². The highest BCUT2D eigenvalue weighted by Gasteiger charge is 2.52. The van der Waals surface area contributed by atoms with Crippen molar-refractivity contribution in [3.8, 4) is 0 Å². The third kappa shape index (κ3) is 2.85. The van der Waals surface area contributed by atoms with Crippen LogP contribution in [-0.2, 0) is 15.5 Å². The van der Waals surface area contributed by atoms with E-state index in [0.29, 0.717) is 6.20 Å². The van der Waals surface area contributed by atoms with Crippen molar-refractivity contribution in [1.29, 1.82) is 0 Å². The number of hydrogen-bond acceptors (Lipinski definition) is 5. The lowest BCUT2D eigenvalue weighted by Crippen LogP contribution is -2.41. The first-order valence-electron chi connectivity index (χ1n) is 6.37. The molecule has 1 aromatic rings. The molecule has 0 aromatic carbocycles. The van der Waals surface area contributed by atoms with Crippen LogP contribution in [0.1, 0.15) is 33.3 Å². The summed E-state index contributed by atoms with van der Waals surface area (Å²) >= 11 is 0. The van der Waals surface area contributed by atoms with Gasteiger partial charge >= 0.3 is 13.3 Å². The standard InChI is InChI=1S/C12H17BF3N3O2/c1-10(2)11(3,4)21-13(20-10)8-5-7(12(14,15)16)6-18-9(8)19-17/h5-6H,17H2,1-4H3,(H,18,19). The molecule has 1 aliphatic rings. The number of halogens is 3. The van der Waals surface area contributed by atoms with Gasteiger partial charge in [-0.1, -0.05) is 0 Å². The molecule has 2 rings (SSSR count). The molecule has 0 amide bonds. The summed E-state index contributed by atoms with van der Waals surface area (Å²) in [5.41, 5.74) is 0.163. The lowest BCUT2D eigenvalue weighted by Gasteiger charge is -2.32. The topological polar surface area (TPSA) is 69.4 Å². The average Bonchev–Trinajstić information content (AvgIpc) is 2.56. The summed E-state index contributed by atoms with van der Waals surface area (Å²) in [6.45, 7) is 7.24. The van der Waals surface area contributed by atoms with Crippen molar-refractivity contribution in [3.63, 3.8) is 0 Å². The van der Waals surface area contributed by atoms with Crippen LogP contribution in [0.4, 0.5) is 19.0 Å². The van der Waals surface area contributed by atoms with Crippen molar-refractivity contribution < 1.29 is 22.5 Å². The zero-order chi connectivity index (χ0) is 16.1. The van der Waals surface area contributed by atoms with Crippen molar-refractivity contribution >= 4 is 18.4 Å². The minimum Gasteiger partial charge on any atom is -0.399 e. The SMILES string of the molecule is CC1(C)OB(c2cc(C(F)(F)F)cnc2NN)OC1(C)C. The van der Waals surface area contributed by atoms with E-state index in [2.05, 4.69) is 10.4 Å². The van der Waals surface area contributed by atoms with Gasteiger partial charge in [0, 0.05) is 11.7 Å². The van der Waals surface area contributed by atoms with E-state index in [1.807, 2.05) is 27.7 Å². The van der Waals surface area contributed by atoms with Crippen LogP contribution in [0.3, 0.4) is 0 Å². The molecule has 0 bridgehead atoms. The monoisotopic (exact) mass is 303 g/mol. The second kappa shape index (κ2) is 4.86. The average molecular weight is 303 g/mol. The highest BCUT2D eigenvalue weighted by molar-refractivity contribution is 6.63. The van der Waals surface area contributed by atoms with Crippen molar-refractivity contribution in [2.75, 3.05) is 5.43 Å². The summed E-state index contributed by atoms with van der Waals surface area (Å²) in [5, 5.41) is 0. The van der Waals surface area contributed by atoms with Gasteiger partial charge in [-0.25, -0.2) is 10.8 Å². The summed E-state index contributed by atoms with van der Waals surface area (Å²) in [5.74, 6) is 5.39. The molecule has 2 heterocycles. The Hall–Kier alpha value is -1.32. The predicted octanol–water partition coefficient (Wildman–Crippen LogP) is 1.69. The van der Waals surface area contributed by atoms with Crippen LogP contribution in [0.25, 0.3) is 0 Å². The van der Waals surface area contributed by atoms with Crippen LogP contribution in [0.2, 0.25) is 0 Å². The molecule has 21 heavy (non-hydrogen) atoms. The van der Waals surface area contributed by atoms with Gasteiger partial charge in [0.2, 0.25) is 0 Å². The minimum atomic E-state index is -4.50. The van der Waals surface area contributed by atoms with Crippen LogP contribution >= 0.6 is 0 Å². The number of hydrogen-bond donors (Lipinski definition) is 2. The lowest BCUT2D eigenvalue weighted by molar-refractivity contribution is -0.137. The Morgan fingerprint density at radius 1 is 1.19 bits per heavy atom. The first kappa shape index (κ1) is 16.1. The molecule has 3 N–H and O–H groups in total. The zero-order valence-corrected chi connectivity index (χ0v) is 12.2. The maximum atomic E-state index is 12.8. The molecule has 1 aromatic heterocycles. The Morgan fingerprint density at radius 2 is 1.71 bits per heavy atom. The zero-order valence-electron chi connectivity index (χ0n) is 12.2. The number of anilines is 1. The Labute approximate surface area is 121 Å². The molecule has 0 atom stereocenters. The normalized spacial score (nSPS) is 20.7. The van der Waals surface area contributed by atoms with Gasteiger partial charge in [0.25, 0.3) is 0 Å². The fourth-order valence-electron chi connectivity index (χ4n) is 1.91. The van der Waals surface area contributed by atoms with Crippen LogP contribution in [-0.4, -0.2) is 23.3 Å². The fourth-order valence-corrected chi connectivity index (χ4v) is 1.91. The molecule has 116 valence electrons. The molecular formula is C12H17BF3N3O2. The molecule has 5 nitrogen and oxygen atoms in total. The first-order valence-corrected chi connectivity index (χ1v) is 6.37. The molecule has 0 saturated carbocycles. The molecule has 0 unspecified atom stereocenters. The largest absolute Gasteiger partial charge is 0.498 e. The number of nitrogens with two attached hydrogens (primary N) is 1. The van der Waals surface area contributed by atoms with Gasteiger partial charge in [0.05, 0.1) is 16.8 Å². The molecular weight excluding hydrogens is 286 g/mol. The van der Waals surface area contributed by atoms with Gasteiger partial charge in [-0.05, 0) is 33.8 Å². The number of hydrazine groups is 1. The van der Waals surface area contributed by atoms with Crippen LogP contribution < -0.4 is 16.7 Å². The summed E-state index contributed by atoms with van der Waals surface area (Å²) in [6, 6.07) is 0.935. The number of nitrogen functional groups attached to an aromatic ring is 1. The van der Waals surface area contributed by atoms with Gasteiger partial charge in [-0.2, -0.15) is 13.2 Å². The van der Waals surface area contributed by atoms with E-state index in [0.717, 1.165) is 6.07 Å². The summed E-state index contributed by atoms with van der Waals surface area (Å²) in [7, 11) is -0.976. The van der Waals surface area contributed by atoms with Gasteiger partial charge in [-0.15, -0.1) is 0 Å². The molecule has 0 radical (unpaired) electrons. The number of alkyl halides is 3. The summed E-state index contributed by atoms with van der Waals surface area (Å²) in [6.07, 6.45) is -3.79. The van der Waals surface area contributed by atoms with Crippen LogP contribution in [0.15, 0.2) is 12.3 Å². The Kier molecular flexibility index (Phi) is 3.72. The van der Waals surface area contributed by atoms with Gasteiger partial charge in [0.1, 0.15) is 5.82 Å². The lowest BCUT2D eigenvalue weighted by atomic mass is 9.78. The van der Waals surface area contributed by atoms with Crippen LogP contribution in [0.5, 0.6) is 0 Å². The maximum absolute atomic E-state index is 12.8. The molecule has 0 aliphatic carbocycles. The number of nitrogens with zero attached hydrogens (tertiary/aromatic N) is 1. The van der Waals surface area contributed by atoms with Crippen molar-refractivity contribution in [2.24, 2.45) is 5.84 Å². The summed E-state index contributed by atoms with van der Waals surface area (Å²) < 4.78 is 49.9. The van der Waals surface area contributed by atoms with Crippen molar-refractivity contribution in [2.45, 2.75) is 45.1 Å². The number of nitrogens with one attached hydrogen (secondary N) is 1. The number of rotatable bonds is 2. The number of aromatic nitrogens is 1. The molecule has 9 heteroatoms. The van der Waals surface area contributed by atoms with Gasteiger partial charge < -0.3 is 14.7 Å². The molecule has 0 spiro atoms. The van der Waals surface area contributed by atoms with E-state index < -0.39 is 30.1 Å². The number of pyridine rings is 1. The third-order valence-corrected chi connectivity index (χ3v) is 3.89.